The van der Waals surface area contributed by atoms with Crippen LogP contribution in [0, 0.1) is 0 Å². The molecule has 35 heavy (non-hydrogen) atoms. The number of hydrogen-bond acceptors (Lipinski definition) is 6. The molecular formula is C27H23N3O5. The number of carbonyl (C=O) groups excluding carboxylic acids is 4. The Hall–Kier alpha value is -4.46. The van der Waals surface area contributed by atoms with Crippen molar-refractivity contribution >= 4 is 35.0 Å². The van der Waals surface area contributed by atoms with Gasteiger partial charge in [0.15, 0.2) is 0 Å². The lowest BCUT2D eigenvalue weighted by atomic mass is 9.89. The van der Waals surface area contributed by atoms with E-state index in [1.165, 1.54) is 6.92 Å². The summed E-state index contributed by atoms with van der Waals surface area (Å²) in [6.07, 6.45) is 0.133. The first-order chi connectivity index (χ1) is 16.9. The monoisotopic (exact) mass is 469 g/mol. The van der Waals surface area contributed by atoms with Gasteiger partial charge in [0.1, 0.15) is 17.9 Å². The van der Waals surface area contributed by atoms with Gasteiger partial charge in [-0.2, -0.15) is 0 Å². The highest BCUT2D eigenvalue weighted by Crippen LogP contribution is 2.37. The number of piperidine rings is 1. The molecule has 2 aliphatic rings. The molecule has 8 heteroatoms. The first-order valence-electron chi connectivity index (χ1n) is 11.3. The van der Waals surface area contributed by atoms with E-state index in [1.54, 1.807) is 18.2 Å². The minimum Gasteiger partial charge on any atom is -0.489 e. The first kappa shape index (κ1) is 22.3. The largest absolute Gasteiger partial charge is 0.489 e. The molecule has 4 amide bonds. The highest BCUT2D eigenvalue weighted by Gasteiger charge is 2.53. The van der Waals surface area contributed by atoms with Crippen molar-refractivity contribution in [3.63, 3.8) is 0 Å². The van der Waals surface area contributed by atoms with Crippen molar-refractivity contribution in [2.45, 2.75) is 31.9 Å². The van der Waals surface area contributed by atoms with E-state index < -0.39 is 29.2 Å². The second kappa shape index (κ2) is 8.72. The number of hydrogen-bond donors (Lipinski definition) is 2. The topological polar surface area (TPSA) is 105 Å². The molecule has 2 heterocycles. The molecule has 0 aromatic heterocycles. The summed E-state index contributed by atoms with van der Waals surface area (Å²) < 4.78 is 5.82. The molecule has 0 radical (unpaired) electrons. The molecule has 0 saturated carbocycles. The summed E-state index contributed by atoms with van der Waals surface area (Å²) in [6.45, 7) is 1.88. The van der Waals surface area contributed by atoms with Gasteiger partial charge < -0.3 is 10.1 Å². The Bertz CT molecular complexity index is 1350. The van der Waals surface area contributed by atoms with Crippen LogP contribution in [0.1, 0.15) is 46.0 Å². The molecular weight excluding hydrogens is 446 g/mol. The lowest BCUT2D eigenvalue weighted by Gasteiger charge is -2.38. The predicted molar refractivity (Wildman–Crippen MR) is 128 cm³/mol. The number of carbonyl (C=O) groups is 4. The van der Waals surface area contributed by atoms with Crippen molar-refractivity contribution in [1.29, 1.82) is 0 Å². The Morgan fingerprint density at radius 2 is 1.71 bits per heavy atom. The fourth-order valence-electron chi connectivity index (χ4n) is 4.42. The number of para-hydroxylation sites is 1. The summed E-state index contributed by atoms with van der Waals surface area (Å²) in [5.41, 5.74) is 1.08. The highest BCUT2D eigenvalue weighted by atomic mass is 16.5. The molecule has 176 valence electrons. The number of amides is 4. The predicted octanol–water partition coefficient (Wildman–Crippen LogP) is 3.80. The maximum Gasteiger partial charge on any atom is 0.264 e. The molecule has 1 saturated heterocycles. The number of nitrogens with zero attached hydrogens (tertiary/aromatic N) is 1. The molecule has 2 N–H and O–H groups in total. The fraction of sp³-hybridized carbons (Fsp3) is 0.185. The molecule has 8 nitrogen and oxygen atoms in total. The van der Waals surface area contributed by atoms with E-state index in [-0.39, 0.29) is 24.0 Å². The number of imide groups is 2. The van der Waals surface area contributed by atoms with Crippen LogP contribution in [0.4, 0.5) is 11.4 Å². The van der Waals surface area contributed by atoms with Gasteiger partial charge in [0.05, 0.1) is 16.8 Å². The van der Waals surface area contributed by atoms with Crippen LogP contribution in [-0.4, -0.2) is 34.1 Å². The molecule has 3 aromatic carbocycles. The number of fused-ring (bicyclic) bond motifs is 1. The number of rotatable bonds is 6. The average molecular weight is 469 g/mol. The van der Waals surface area contributed by atoms with Crippen LogP contribution in [0.5, 0.6) is 5.75 Å². The Morgan fingerprint density at radius 1 is 0.943 bits per heavy atom. The maximum absolute atomic E-state index is 13.5. The first-order valence-corrected chi connectivity index (χ1v) is 11.3. The third-order valence-corrected chi connectivity index (χ3v) is 6.34. The lowest BCUT2D eigenvalue weighted by molar-refractivity contribution is -0.140. The minimum atomic E-state index is -1.44. The van der Waals surface area contributed by atoms with Gasteiger partial charge in [-0.15, -0.1) is 0 Å². The van der Waals surface area contributed by atoms with Gasteiger partial charge in [0.25, 0.3) is 17.7 Å². The third-order valence-electron chi connectivity index (χ3n) is 6.34. The zero-order valence-corrected chi connectivity index (χ0v) is 19.0. The number of nitrogens with one attached hydrogen (secondary N) is 2. The maximum atomic E-state index is 13.5. The molecule has 0 aliphatic carbocycles. The summed E-state index contributed by atoms with van der Waals surface area (Å²) in [5, 5.41) is 5.49. The van der Waals surface area contributed by atoms with Crippen LogP contribution in [0.25, 0.3) is 0 Å². The summed E-state index contributed by atoms with van der Waals surface area (Å²) in [6, 6.07) is 22.0. The van der Waals surface area contributed by atoms with Gasteiger partial charge in [0, 0.05) is 12.1 Å². The molecule has 5 rings (SSSR count). The second-order valence-electron chi connectivity index (χ2n) is 8.75. The summed E-state index contributed by atoms with van der Waals surface area (Å²) in [5.74, 6) is -1.42. The number of benzene rings is 3. The van der Waals surface area contributed by atoms with Crippen molar-refractivity contribution in [3.8, 4) is 5.75 Å². The van der Waals surface area contributed by atoms with E-state index in [1.807, 2.05) is 54.6 Å². The summed E-state index contributed by atoms with van der Waals surface area (Å²) >= 11 is 0. The second-order valence-corrected chi connectivity index (χ2v) is 8.75. The van der Waals surface area contributed by atoms with E-state index in [0.717, 1.165) is 21.9 Å². The Balaban J connectivity index is 1.39. The quantitative estimate of drug-likeness (QED) is 0.532. The van der Waals surface area contributed by atoms with Crippen molar-refractivity contribution < 1.29 is 23.9 Å². The van der Waals surface area contributed by atoms with E-state index >= 15 is 0 Å². The van der Waals surface area contributed by atoms with E-state index in [9.17, 15) is 19.2 Å². The van der Waals surface area contributed by atoms with Gasteiger partial charge in [-0.1, -0.05) is 36.4 Å². The molecule has 1 fully saturated rings. The van der Waals surface area contributed by atoms with Crippen LogP contribution >= 0.6 is 0 Å². The van der Waals surface area contributed by atoms with Gasteiger partial charge >= 0.3 is 0 Å². The molecule has 0 spiro atoms. The highest BCUT2D eigenvalue weighted by molar-refractivity contribution is 6.26. The van der Waals surface area contributed by atoms with E-state index in [4.69, 9.17) is 4.74 Å². The third kappa shape index (κ3) is 4.03. The molecule has 0 bridgehead atoms. The van der Waals surface area contributed by atoms with Crippen LogP contribution in [0.2, 0.25) is 0 Å². The van der Waals surface area contributed by atoms with Gasteiger partial charge in [-0.3, -0.25) is 29.4 Å². The Labute approximate surface area is 201 Å². The Kier molecular flexibility index (Phi) is 5.56. The standard InChI is InChI=1S/C27H23N3O5/c1-27(14-13-22(31)29-26(27)34)30-24(32)20-11-6-12-21(23(20)25(30)33)28-18-8-5-7-17(15-18)16-35-19-9-3-2-4-10-19/h2-12,15,28H,13-14,16H2,1H3,(H,29,31,34). The average Bonchev–Trinajstić information content (AvgIpc) is 3.12. The fourth-order valence-corrected chi connectivity index (χ4v) is 4.42. The van der Waals surface area contributed by atoms with Crippen LogP contribution in [0.3, 0.4) is 0 Å². The van der Waals surface area contributed by atoms with Crippen LogP contribution < -0.4 is 15.4 Å². The minimum absolute atomic E-state index is 0.0542. The van der Waals surface area contributed by atoms with E-state index in [2.05, 4.69) is 10.6 Å². The van der Waals surface area contributed by atoms with Crippen molar-refractivity contribution in [3.05, 3.63) is 89.5 Å². The van der Waals surface area contributed by atoms with Crippen LogP contribution in [-0.2, 0) is 16.2 Å². The number of anilines is 2. The van der Waals surface area contributed by atoms with Gasteiger partial charge in [0.2, 0.25) is 5.91 Å². The van der Waals surface area contributed by atoms with E-state index in [0.29, 0.717) is 12.3 Å². The molecule has 2 aliphatic heterocycles. The van der Waals surface area contributed by atoms with Crippen molar-refractivity contribution in [2.75, 3.05) is 5.32 Å². The van der Waals surface area contributed by atoms with Crippen molar-refractivity contribution in [2.24, 2.45) is 0 Å². The Morgan fingerprint density at radius 3 is 2.49 bits per heavy atom. The summed E-state index contributed by atoms with van der Waals surface area (Å²) in [4.78, 5) is 51.9. The normalized spacial score (nSPS) is 19.4. The molecule has 1 atom stereocenters. The van der Waals surface area contributed by atoms with Crippen LogP contribution in [0.15, 0.2) is 72.8 Å². The van der Waals surface area contributed by atoms with Crippen molar-refractivity contribution in [1.82, 2.24) is 10.2 Å². The molecule has 1 unspecified atom stereocenters. The smallest absolute Gasteiger partial charge is 0.264 e. The molecule has 3 aromatic rings. The SMILES string of the molecule is CC1(N2C(=O)c3cccc(Nc4cccc(COc5ccccc5)c4)c3C2=O)CCC(=O)NC1=O. The van der Waals surface area contributed by atoms with Gasteiger partial charge in [-0.25, -0.2) is 0 Å². The summed E-state index contributed by atoms with van der Waals surface area (Å²) in [7, 11) is 0. The number of ether oxygens (including phenoxy) is 1. The zero-order chi connectivity index (χ0) is 24.6. The lowest BCUT2D eigenvalue weighted by Crippen LogP contribution is -2.62. The van der Waals surface area contributed by atoms with Gasteiger partial charge in [-0.05, 0) is 55.3 Å². The zero-order valence-electron chi connectivity index (χ0n) is 19.0.